The van der Waals surface area contributed by atoms with Gasteiger partial charge in [0, 0.05) is 19.1 Å². The highest BCUT2D eigenvalue weighted by atomic mass is 15.2. The molecule has 0 saturated carbocycles. The van der Waals surface area contributed by atoms with Crippen LogP contribution in [0, 0.1) is 0 Å². The van der Waals surface area contributed by atoms with Gasteiger partial charge in [0.05, 0.1) is 0 Å². The van der Waals surface area contributed by atoms with Gasteiger partial charge in [-0.1, -0.05) is 37.6 Å². The Bertz CT molecular complexity index is 331. The predicted octanol–water partition coefficient (Wildman–Crippen LogP) is 2.56. The molecular weight excluding hydrogens is 208 g/mol. The highest BCUT2D eigenvalue weighted by Gasteiger charge is 2.20. The highest BCUT2D eigenvalue weighted by molar-refractivity contribution is 5.22. The summed E-state index contributed by atoms with van der Waals surface area (Å²) in [7, 11) is 0. The van der Waals surface area contributed by atoms with Crippen LogP contribution in [-0.2, 0) is 13.0 Å². The van der Waals surface area contributed by atoms with Crippen LogP contribution in [0.2, 0.25) is 0 Å². The van der Waals surface area contributed by atoms with Crippen LogP contribution in [0.25, 0.3) is 0 Å². The molecule has 1 aromatic carbocycles. The molecule has 1 heterocycles. The Morgan fingerprint density at radius 1 is 1.18 bits per heavy atom. The van der Waals surface area contributed by atoms with Crippen molar-refractivity contribution in [1.29, 1.82) is 0 Å². The molecule has 2 rings (SSSR count). The molecule has 0 bridgehead atoms. The van der Waals surface area contributed by atoms with E-state index < -0.39 is 0 Å². The number of likely N-dealkylation sites (tertiary alicyclic amines) is 1. The van der Waals surface area contributed by atoms with Gasteiger partial charge in [0.15, 0.2) is 0 Å². The summed E-state index contributed by atoms with van der Waals surface area (Å²) >= 11 is 0. The third-order valence-electron chi connectivity index (χ3n) is 3.84. The second-order valence-electron chi connectivity index (χ2n) is 5.03. The number of hydrogen-bond acceptors (Lipinski definition) is 2. The van der Waals surface area contributed by atoms with Crippen molar-refractivity contribution in [3.63, 3.8) is 0 Å². The summed E-state index contributed by atoms with van der Waals surface area (Å²) in [6, 6.07) is 9.62. The van der Waals surface area contributed by atoms with Crippen LogP contribution in [0.3, 0.4) is 0 Å². The molecule has 1 aliphatic rings. The van der Waals surface area contributed by atoms with Gasteiger partial charge in [-0.25, -0.2) is 0 Å². The van der Waals surface area contributed by atoms with Crippen LogP contribution in [0.4, 0.5) is 0 Å². The Morgan fingerprint density at radius 2 is 1.88 bits per heavy atom. The third kappa shape index (κ3) is 3.30. The van der Waals surface area contributed by atoms with Crippen molar-refractivity contribution in [3.05, 3.63) is 35.4 Å². The Kier molecular flexibility index (Phi) is 4.57. The maximum Gasteiger partial charge on any atom is 0.0237 e. The van der Waals surface area contributed by atoms with Crippen molar-refractivity contribution in [2.24, 2.45) is 5.73 Å². The van der Waals surface area contributed by atoms with Crippen LogP contribution in [-0.4, -0.2) is 24.0 Å². The summed E-state index contributed by atoms with van der Waals surface area (Å²) in [5, 5.41) is 0. The van der Waals surface area contributed by atoms with Crippen molar-refractivity contribution in [2.75, 3.05) is 13.1 Å². The molecule has 0 unspecified atom stereocenters. The van der Waals surface area contributed by atoms with Gasteiger partial charge >= 0.3 is 0 Å². The second kappa shape index (κ2) is 6.18. The highest BCUT2D eigenvalue weighted by Crippen LogP contribution is 2.19. The predicted molar refractivity (Wildman–Crippen MR) is 72.9 cm³/mol. The lowest BCUT2D eigenvalue weighted by atomic mass is 10.0. The first-order chi connectivity index (χ1) is 8.33. The molecule has 0 aliphatic carbocycles. The molecule has 17 heavy (non-hydrogen) atoms. The van der Waals surface area contributed by atoms with E-state index in [1.807, 2.05) is 0 Å². The average molecular weight is 232 g/mol. The minimum atomic E-state index is 0.592. The summed E-state index contributed by atoms with van der Waals surface area (Å²) in [6.07, 6.45) is 5.05. The molecular formula is C15H24N2. The molecule has 94 valence electrons. The third-order valence-corrected chi connectivity index (χ3v) is 3.84. The maximum absolute atomic E-state index is 5.85. The lowest BCUT2D eigenvalue weighted by Gasteiger charge is -2.35. The van der Waals surface area contributed by atoms with E-state index in [4.69, 9.17) is 5.73 Å². The topological polar surface area (TPSA) is 29.3 Å². The molecule has 1 aliphatic heterocycles. The Morgan fingerprint density at radius 3 is 2.53 bits per heavy atom. The van der Waals surface area contributed by atoms with Crippen molar-refractivity contribution in [2.45, 2.75) is 45.2 Å². The fourth-order valence-electron chi connectivity index (χ4n) is 2.65. The number of nitrogens with zero attached hydrogens (tertiary/aromatic N) is 1. The van der Waals surface area contributed by atoms with E-state index in [1.54, 1.807) is 0 Å². The summed E-state index contributed by atoms with van der Waals surface area (Å²) < 4.78 is 0. The first-order valence-electron chi connectivity index (χ1n) is 6.85. The van der Waals surface area contributed by atoms with Crippen LogP contribution in [0.5, 0.6) is 0 Å². The fourth-order valence-corrected chi connectivity index (χ4v) is 2.65. The normalized spacial score (nSPS) is 21.6. The molecule has 2 nitrogen and oxygen atoms in total. The molecule has 0 aromatic heterocycles. The molecule has 2 heteroatoms. The van der Waals surface area contributed by atoms with Crippen LogP contribution >= 0.6 is 0 Å². The molecule has 0 spiro atoms. The largest absolute Gasteiger partial charge is 0.329 e. The molecule has 0 radical (unpaired) electrons. The Labute approximate surface area is 105 Å². The number of hydrogen-bond donors (Lipinski definition) is 1. The van der Waals surface area contributed by atoms with Gasteiger partial charge in [-0.05, 0) is 36.9 Å². The molecule has 2 N–H and O–H groups in total. The van der Waals surface area contributed by atoms with E-state index in [0.29, 0.717) is 6.04 Å². The lowest BCUT2D eigenvalue weighted by molar-refractivity contribution is 0.145. The summed E-state index contributed by atoms with van der Waals surface area (Å²) in [6.45, 7) is 5.26. The molecule has 1 fully saturated rings. The van der Waals surface area contributed by atoms with Gasteiger partial charge in [0.2, 0.25) is 0 Å². The molecule has 1 atom stereocenters. The van der Waals surface area contributed by atoms with Crippen LogP contribution in [0.15, 0.2) is 24.3 Å². The average Bonchev–Trinajstić information content (AvgIpc) is 2.40. The second-order valence-corrected chi connectivity index (χ2v) is 5.03. The number of piperidine rings is 1. The van der Waals surface area contributed by atoms with Gasteiger partial charge in [-0.2, -0.15) is 0 Å². The summed E-state index contributed by atoms with van der Waals surface area (Å²) in [5.74, 6) is 0. The van der Waals surface area contributed by atoms with E-state index in [0.717, 1.165) is 19.5 Å². The molecule has 0 amide bonds. The van der Waals surface area contributed by atoms with Crippen molar-refractivity contribution in [1.82, 2.24) is 4.90 Å². The first kappa shape index (κ1) is 12.6. The van der Waals surface area contributed by atoms with Crippen molar-refractivity contribution >= 4 is 0 Å². The standard InChI is InChI=1S/C15H24N2/c1-2-13-6-8-14(9-7-13)12-17-10-4-3-5-15(17)11-16/h6-9,15H,2-5,10-12,16H2,1H3/t15-/m0/s1. The van der Waals surface area contributed by atoms with E-state index >= 15 is 0 Å². The van der Waals surface area contributed by atoms with Gasteiger partial charge in [-0.15, -0.1) is 0 Å². The fraction of sp³-hybridized carbons (Fsp3) is 0.600. The minimum absolute atomic E-state index is 0.592. The molecule has 1 aromatic rings. The Hall–Kier alpha value is -0.860. The zero-order valence-corrected chi connectivity index (χ0v) is 10.9. The minimum Gasteiger partial charge on any atom is -0.329 e. The van der Waals surface area contributed by atoms with Gasteiger partial charge in [-0.3, -0.25) is 4.90 Å². The zero-order chi connectivity index (χ0) is 12.1. The van der Waals surface area contributed by atoms with Gasteiger partial charge in [0.25, 0.3) is 0 Å². The van der Waals surface area contributed by atoms with E-state index in [-0.39, 0.29) is 0 Å². The quantitative estimate of drug-likeness (QED) is 0.864. The SMILES string of the molecule is CCc1ccc(CN2CCCC[C@H]2CN)cc1. The van der Waals surface area contributed by atoms with E-state index in [2.05, 4.69) is 36.1 Å². The number of nitrogens with two attached hydrogens (primary N) is 1. The smallest absolute Gasteiger partial charge is 0.0237 e. The van der Waals surface area contributed by atoms with E-state index in [9.17, 15) is 0 Å². The Balaban J connectivity index is 1.98. The number of benzene rings is 1. The zero-order valence-electron chi connectivity index (χ0n) is 10.9. The van der Waals surface area contributed by atoms with Crippen LogP contribution < -0.4 is 5.73 Å². The van der Waals surface area contributed by atoms with E-state index in [1.165, 1.54) is 36.9 Å². The monoisotopic (exact) mass is 232 g/mol. The lowest BCUT2D eigenvalue weighted by Crippen LogP contribution is -2.43. The van der Waals surface area contributed by atoms with Gasteiger partial charge < -0.3 is 5.73 Å². The number of aryl methyl sites for hydroxylation is 1. The molecule has 1 saturated heterocycles. The van der Waals surface area contributed by atoms with Gasteiger partial charge in [0.1, 0.15) is 0 Å². The maximum atomic E-state index is 5.85. The van der Waals surface area contributed by atoms with Crippen molar-refractivity contribution in [3.8, 4) is 0 Å². The number of rotatable bonds is 4. The van der Waals surface area contributed by atoms with Crippen LogP contribution in [0.1, 0.15) is 37.3 Å². The first-order valence-corrected chi connectivity index (χ1v) is 6.85. The summed E-state index contributed by atoms with van der Waals surface area (Å²) in [4.78, 5) is 2.55. The summed E-state index contributed by atoms with van der Waals surface area (Å²) in [5.41, 5.74) is 8.69. The van der Waals surface area contributed by atoms with Crippen molar-refractivity contribution < 1.29 is 0 Å².